The summed E-state index contributed by atoms with van der Waals surface area (Å²) in [5.41, 5.74) is 2.62. The lowest BCUT2D eigenvalue weighted by Crippen LogP contribution is -2.47. The Morgan fingerprint density at radius 3 is 2.68 bits per heavy atom. The summed E-state index contributed by atoms with van der Waals surface area (Å²) in [7, 11) is 0. The molecule has 3 aliphatic rings. The maximum Gasteiger partial charge on any atom is 0.225 e. The Morgan fingerprint density at radius 1 is 1.18 bits per heavy atom. The predicted molar refractivity (Wildman–Crippen MR) is 110 cm³/mol. The molecule has 2 heterocycles. The highest BCUT2D eigenvalue weighted by Gasteiger charge is 2.41. The molecule has 1 N–H and O–H groups in total. The molecule has 0 unspecified atom stereocenters. The van der Waals surface area contributed by atoms with Crippen LogP contribution in [-0.4, -0.2) is 73.5 Å². The molecule has 0 aromatic heterocycles. The number of anilines is 1. The topological polar surface area (TPSA) is 55.9 Å². The van der Waals surface area contributed by atoms with E-state index < -0.39 is 0 Å². The van der Waals surface area contributed by atoms with Crippen LogP contribution in [0.5, 0.6) is 0 Å². The van der Waals surface area contributed by atoms with Crippen LogP contribution in [0.15, 0.2) is 24.3 Å². The number of hydrogen-bond donors (Lipinski definition) is 1. The van der Waals surface area contributed by atoms with Crippen molar-refractivity contribution in [3.8, 4) is 0 Å². The molecule has 3 fully saturated rings. The molecule has 0 spiro atoms. The Balaban J connectivity index is 1.12. The summed E-state index contributed by atoms with van der Waals surface area (Å²) < 4.78 is 0. The number of amides is 2. The number of carbonyl (C=O) groups is 2. The van der Waals surface area contributed by atoms with E-state index in [0.29, 0.717) is 25.6 Å². The highest BCUT2D eigenvalue weighted by Crippen LogP contribution is 2.32. The van der Waals surface area contributed by atoms with Gasteiger partial charge in [0.15, 0.2) is 0 Å². The highest BCUT2D eigenvalue weighted by atomic mass is 16.2. The Labute approximate surface area is 167 Å². The highest BCUT2D eigenvalue weighted by molar-refractivity contribution is 5.89. The lowest BCUT2D eigenvalue weighted by molar-refractivity contribution is -0.129. The second-order valence-corrected chi connectivity index (χ2v) is 8.49. The van der Waals surface area contributed by atoms with Crippen molar-refractivity contribution in [3.05, 3.63) is 29.8 Å². The van der Waals surface area contributed by atoms with E-state index in [1.54, 1.807) is 0 Å². The number of carbonyl (C=O) groups excluding carboxylic acids is 2. The zero-order valence-corrected chi connectivity index (χ0v) is 16.9. The van der Waals surface area contributed by atoms with Gasteiger partial charge in [0.2, 0.25) is 11.8 Å². The number of aryl methyl sites for hydroxylation is 1. The van der Waals surface area contributed by atoms with Crippen LogP contribution in [-0.2, 0) is 9.59 Å². The number of piperazine rings is 1. The Bertz CT molecular complexity index is 710. The summed E-state index contributed by atoms with van der Waals surface area (Å²) in [6, 6.07) is 9.13. The van der Waals surface area contributed by atoms with E-state index in [4.69, 9.17) is 0 Å². The third kappa shape index (κ3) is 4.66. The molecule has 2 aliphatic heterocycles. The second-order valence-electron chi connectivity index (χ2n) is 8.49. The molecule has 2 saturated heterocycles. The van der Waals surface area contributed by atoms with Crippen molar-refractivity contribution in [2.45, 2.75) is 38.6 Å². The van der Waals surface area contributed by atoms with Gasteiger partial charge in [0.05, 0.1) is 5.92 Å². The quantitative estimate of drug-likeness (QED) is 0.726. The lowest BCUT2D eigenvalue weighted by atomic mass is 10.1. The van der Waals surface area contributed by atoms with Crippen molar-refractivity contribution in [2.75, 3.05) is 50.7 Å². The first-order valence-corrected chi connectivity index (χ1v) is 10.7. The Kier molecular flexibility index (Phi) is 5.85. The predicted octanol–water partition coefficient (Wildman–Crippen LogP) is 1.63. The van der Waals surface area contributed by atoms with Crippen molar-refractivity contribution in [1.29, 1.82) is 0 Å². The number of benzene rings is 1. The molecule has 4 rings (SSSR count). The molecule has 1 aliphatic carbocycles. The first-order valence-electron chi connectivity index (χ1n) is 10.7. The molecular weight excluding hydrogens is 352 g/mol. The van der Waals surface area contributed by atoms with Gasteiger partial charge in [-0.2, -0.15) is 0 Å². The zero-order valence-electron chi connectivity index (χ0n) is 16.9. The van der Waals surface area contributed by atoms with Crippen LogP contribution in [0.25, 0.3) is 0 Å². The van der Waals surface area contributed by atoms with E-state index in [-0.39, 0.29) is 17.7 Å². The third-order valence-electron chi connectivity index (χ3n) is 6.21. The average Bonchev–Trinajstić information content (AvgIpc) is 3.47. The van der Waals surface area contributed by atoms with Gasteiger partial charge in [-0.15, -0.1) is 0 Å². The lowest BCUT2D eigenvalue weighted by Gasteiger charge is -2.36. The molecule has 1 atom stereocenters. The van der Waals surface area contributed by atoms with Gasteiger partial charge in [0.25, 0.3) is 0 Å². The molecule has 6 nitrogen and oxygen atoms in total. The normalized spacial score (nSPS) is 23.3. The molecule has 152 valence electrons. The van der Waals surface area contributed by atoms with Gasteiger partial charge in [-0.25, -0.2) is 0 Å². The largest absolute Gasteiger partial charge is 0.369 e. The van der Waals surface area contributed by atoms with Gasteiger partial charge in [-0.3, -0.25) is 14.5 Å². The second kappa shape index (κ2) is 8.52. The minimum atomic E-state index is -0.147. The molecule has 0 radical (unpaired) electrons. The van der Waals surface area contributed by atoms with Crippen LogP contribution in [0.2, 0.25) is 0 Å². The molecule has 6 heteroatoms. The molecule has 2 amide bonds. The third-order valence-corrected chi connectivity index (χ3v) is 6.21. The van der Waals surface area contributed by atoms with Crippen molar-refractivity contribution < 1.29 is 9.59 Å². The van der Waals surface area contributed by atoms with E-state index in [9.17, 15) is 9.59 Å². The van der Waals surface area contributed by atoms with Crippen LogP contribution in [0, 0.1) is 12.8 Å². The SMILES string of the molecule is Cc1cccc(N2CCN(CCCNC(=O)[C@@H]3CC(=O)N(C4CC4)C3)CC2)c1. The van der Waals surface area contributed by atoms with Gasteiger partial charge < -0.3 is 15.1 Å². The van der Waals surface area contributed by atoms with E-state index in [2.05, 4.69) is 46.3 Å². The molecule has 0 bridgehead atoms. The van der Waals surface area contributed by atoms with Crippen LogP contribution >= 0.6 is 0 Å². The van der Waals surface area contributed by atoms with Crippen molar-refractivity contribution >= 4 is 17.5 Å². The van der Waals surface area contributed by atoms with Crippen molar-refractivity contribution in [1.82, 2.24) is 15.1 Å². The van der Waals surface area contributed by atoms with Gasteiger partial charge >= 0.3 is 0 Å². The minimum absolute atomic E-state index is 0.0563. The van der Waals surface area contributed by atoms with Crippen LogP contribution < -0.4 is 10.2 Å². The van der Waals surface area contributed by atoms with E-state index in [1.807, 2.05) is 4.90 Å². The monoisotopic (exact) mass is 384 g/mol. The number of nitrogens with zero attached hydrogens (tertiary/aromatic N) is 3. The fourth-order valence-corrected chi connectivity index (χ4v) is 4.36. The number of nitrogens with one attached hydrogen (secondary N) is 1. The number of rotatable bonds is 7. The summed E-state index contributed by atoms with van der Waals surface area (Å²) in [4.78, 5) is 31.2. The van der Waals surface area contributed by atoms with Crippen molar-refractivity contribution in [3.63, 3.8) is 0 Å². The smallest absolute Gasteiger partial charge is 0.225 e. The van der Waals surface area contributed by atoms with E-state index >= 15 is 0 Å². The van der Waals surface area contributed by atoms with Gasteiger partial charge in [-0.1, -0.05) is 12.1 Å². The van der Waals surface area contributed by atoms with Crippen LogP contribution in [0.1, 0.15) is 31.2 Å². The number of likely N-dealkylation sites (tertiary alicyclic amines) is 1. The maximum atomic E-state index is 12.3. The number of hydrogen-bond acceptors (Lipinski definition) is 4. The fourth-order valence-electron chi connectivity index (χ4n) is 4.36. The zero-order chi connectivity index (χ0) is 19.5. The fraction of sp³-hybridized carbons (Fsp3) is 0.636. The van der Waals surface area contributed by atoms with Gasteiger partial charge in [0, 0.05) is 57.4 Å². The summed E-state index contributed by atoms with van der Waals surface area (Å²) >= 11 is 0. The van der Waals surface area contributed by atoms with Gasteiger partial charge in [-0.05, 0) is 50.4 Å². The summed E-state index contributed by atoms with van der Waals surface area (Å²) in [5.74, 6) is 0.0703. The van der Waals surface area contributed by atoms with Crippen molar-refractivity contribution in [2.24, 2.45) is 5.92 Å². The molecule has 28 heavy (non-hydrogen) atoms. The summed E-state index contributed by atoms with van der Waals surface area (Å²) in [5, 5.41) is 3.05. The van der Waals surface area contributed by atoms with E-state index in [0.717, 1.165) is 52.0 Å². The molecule has 1 saturated carbocycles. The van der Waals surface area contributed by atoms with E-state index in [1.165, 1.54) is 11.3 Å². The first-order chi connectivity index (χ1) is 13.6. The molecule has 1 aromatic carbocycles. The van der Waals surface area contributed by atoms with Crippen LogP contribution in [0.4, 0.5) is 5.69 Å². The van der Waals surface area contributed by atoms with Crippen LogP contribution in [0.3, 0.4) is 0 Å². The molecule has 1 aromatic rings. The average molecular weight is 385 g/mol. The standard InChI is InChI=1S/C22H32N4O2/c1-17-4-2-5-20(14-17)25-12-10-24(11-13-25)9-3-8-23-22(28)18-15-21(27)26(16-18)19-6-7-19/h2,4-5,14,18-19H,3,6-13,15-16H2,1H3,(H,23,28)/t18-/m1/s1. The first kappa shape index (κ1) is 19.2. The Morgan fingerprint density at radius 2 is 1.96 bits per heavy atom. The van der Waals surface area contributed by atoms with Gasteiger partial charge in [0.1, 0.15) is 0 Å². The molecular formula is C22H32N4O2. The maximum absolute atomic E-state index is 12.3. The Hall–Kier alpha value is -2.08. The summed E-state index contributed by atoms with van der Waals surface area (Å²) in [6.07, 6.45) is 3.57. The summed E-state index contributed by atoms with van der Waals surface area (Å²) in [6.45, 7) is 8.71. The minimum Gasteiger partial charge on any atom is -0.369 e.